The zero-order valence-corrected chi connectivity index (χ0v) is 19.6. The first-order valence-electron chi connectivity index (χ1n) is 11.2. The van der Waals surface area contributed by atoms with Gasteiger partial charge in [0, 0.05) is 10.2 Å². The molecule has 6 rings (SSSR count). The fourth-order valence-electron chi connectivity index (χ4n) is 5.28. The normalized spacial score (nSPS) is 13.8. The number of anilines is 3. The van der Waals surface area contributed by atoms with Crippen molar-refractivity contribution in [3.8, 4) is 0 Å². The molecule has 0 fully saturated rings. The van der Waals surface area contributed by atoms with Crippen molar-refractivity contribution in [1.29, 1.82) is 0 Å². The van der Waals surface area contributed by atoms with Crippen molar-refractivity contribution in [2.75, 3.05) is 4.90 Å². The summed E-state index contributed by atoms with van der Waals surface area (Å²) in [7, 11) is 0. The fraction of sp³-hybridized carbons (Fsp3) is 0.0323. The highest BCUT2D eigenvalue weighted by atomic mass is 79.9. The lowest BCUT2D eigenvalue weighted by molar-refractivity contribution is 0.730. The predicted molar refractivity (Wildman–Crippen MR) is 141 cm³/mol. The number of hydrogen-bond donors (Lipinski definition) is 0. The van der Waals surface area contributed by atoms with Crippen LogP contribution in [0.25, 0.3) is 0 Å². The minimum absolute atomic E-state index is 0.441. The van der Waals surface area contributed by atoms with Crippen LogP contribution in [0.4, 0.5) is 17.1 Å². The summed E-state index contributed by atoms with van der Waals surface area (Å²) in [5, 5.41) is 0. The molecule has 158 valence electrons. The van der Waals surface area contributed by atoms with Gasteiger partial charge in [-0.2, -0.15) is 0 Å². The highest BCUT2D eigenvalue weighted by Crippen LogP contribution is 2.57. The van der Waals surface area contributed by atoms with E-state index in [1.165, 1.54) is 33.6 Å². The molecule has 1 aliphatic heterocycles. The van der Waals surface area contributed by atoms with Gasteiger partial charge in [-0.25, -0.2) is 0 Å². The largest absolute Gasteiger partial charge is 0.310 e. The fourth-order valence-corrected chi connectivity index (χ4v) is 5.65. The predicted octanol–water partition coefficient (Wildman–Crippen LogP) is 8.62. The summed E-state index contributed by atoms with van der Waals surface area (Å²) >= 11 is 3.78. The number of fused-ring (bicyclic) bond motifs is 2. The van der Waals surface area contributed by atoms with Gasteiger partial charge in [0.15, 0.2) is 0 Å². The van der Waals surface area contributed by atoms with Crippen LogP contribution in [0.5, 0.6) is 0 Å². The van der Waals surface area contributed by atoms with E-state index in [9.17, 15) is 0 Å². The van der Waals surface area contributed by atoms with Gasteiger partial charge in [0.2, 0.25) is 0 Å². The molecule has 0 radical (unpaired) electrons. The molecule has 5 aromatic rings. The van der Waals surface area contributed by atoms with Crippen molar-refractivity contribution in [3.05, 3.63) is 160 Å². The molecule has 2 heteroatoms. The van der Waals surface area contributed by atoms with Crippen LogP contribution in [0, 0.1) is 0 Å². The summed E-state index contributed by atoms with van der Waals surface area (Å²) in [5.74, 6) is 0. The van der Waals surface area contributed by atoms with Crippen LogP contribution >= 0.6 is 15.9 Å². The summed E-state index contributed by atoms with van der Waals surface area (Å²) in [6, 6.07) is 47.9. The Kier molecular flexibility index (Phi) is 4.89. The molecule has 1 heterocycles. The average molecular weight is 488 g/mol. The second kappa shape index (κ2) is 8.06. The van der Waals surface area contributed by atoms with E-state index in [2.05, 4.69) is 154 Å². The van der Waals surface area contributed by atoms with Gasteiger partial charge < -0.3 is 4.90 Å². The van der Waals surface area contributed by atoms with E-state index in [1.54, 1.807) is 0 Å². The molecule has 0 bridgehead atoms. The van der Waals surface area contributed by atoms with Crippen molar-refractivity contribution in [3.63, 3.8) is 0 Å². The van der Waals surface area contributed by atoms with Gasteiger partial charge in [0.05, 0.1) is 16.8 Å². The molecule has 0 saturated heterocycles. The molecule has 1 aliphatic rings. The van der Waals surface area contributed by atoms with Crippen molar-refractivity contribution in [1.82, 2.24) is 0 Å². The molecule has 0 aromatic heterocycles. The van der Waals surface area contributed by atoms with Gasteiger partial charge in [-0.15, -0.1) is 0 Å². The minimum atomic E-state index is -0.441. The monoisotopic (exact) mass is 487 g/mol. The summed E-state index contributed by atoms with van der Waals surface area (Å²) in [6.07, 6.45) is 0. The molecule has 33 heavy (non-hydrogen) atoms. The molecule has 0 saturated carbocycles. The zero-order valence-electron chi connectivity index (χ0n) is 18.0. The molecular weight excluding hydrogens is 466 g/mol. The third-order valence-corrected chi connectivity index (χ3v) is 7.07. The molecule has 1 nitrogen and oxygen atoms in total. The van der Waals surface area contributed by atoms with Crippen LogP contribution in [0.15, 0.2) is 138 Å². The van der Waals surface area contributed by atoms with E-state index in [1.807, 2.05) is 0 Å². The number of benzene rings is 5. The Morgan fingerprint density at radius 2 is 1.00 bits per heavy atom. The molecule has 0 aliphatic carbocycles. The number of rotatable bonds is 3. The van der Waals surface area contributed by atoms with Gasteiger partial charge in [-0.05, 0) is 58.7 Å². The molecule has 0 unspecified atom stereocenters. The van der Waals surface area contributed by atoms with E-state index >= 15 is 0 Å². The molecule has 5 aromatic carbocycles. The minimum Gasteiger partial charge on any atom is -0.310 e. The highest BCUT2D eigenvalue weighted by molar-refractivity contribution is 9.10. The lowest BCUT2D eigenvalue weighted by Crippen LogP contribution is -2.37. The maximum Gasteiger partial charge on any atom is 0.0742 e. The Morgan fingerprint density at radius 3 is 1.64 bits per heavy atom. The molecule has 0 N–H and O–H groups in total. The Labute approximate surface area is 203 Å². The summed E-state index contributed by atoms with van der Waals surface area (Å²) in [6.45, 7) is 0. The van der Waals surface area contributed by atoms with Crippen LogP contribution < -0.4 is 4.90 Å². The summed E-state index contributed by atoms with van der Waals surface area (Å²) < 4.78 is 1.07. The van der Waals surface area contributed by atoms with Crippen molar-refractivity contribution >= 4 is 33.0 Å². The number of hydrogen-bond acceptors (Lipinski definition) is 1. The Balaban J connectivity index is 1.80. The topological polar surface area (TPSA) is 3.24 Å². The summed E-state index contributed by atoms with van der Waals surface area (Å²) in [4.78, 5) is 2.39. The molecule has 0 spiro atoms. The highest BCUT2D eigenvalue weighted by Gasteiger charge is 2.46. The maximum atomic E-state index is 3.78. The number of nitrogens with zero attached hydrogens (tertiary/aromatic N) is 1. The van der Waals surface area contributed by atoms with Crippen molar-refractivity contribution in [2.24, 2.45) is 0 Å². The molecule has 0 amide bonds. The third-order valence-electron chi connectivity index (χ3n) is 6.58. The van der Waals surface area contributed by atoms with Crippen LogP contribution in [0.1, 0.15) is 22.3 Å². The van der Waals surface area contributed by atoms with Crippen LogP contribution in [-0.4, -0.2) is 0 Å². The number of halogens is 1. The van der Waals surface area contributed by atoms with Crippen molar-refractivity contribution in [2.45, 2.75) is 5.41 Å². The lowest BCUT2D eigenvalue weighted by Gasteiger charge is -2.46. The van der Waals surface area contributed by atoms with E-state index < -0.39 is 5.41 Å². The van der Waals surface area contributed by atoms with Crippen LogP contribution in [0.2, 0.25) is 0 Å². The Hall–Kier alpha value is -3.62. The van der Waals surface area contributed by atoms with E-state index in [4.69, 9.17) is 0 Å². The van der Waals surface area contributed by atoms with E-state index in [0.717, 1.165) is 10.2 Å². The Morgan fingerprint density at radius 1 is 0.485 bits per heavy atom. The van der Waals surface area contributed by atoms with Gasteiger partial charge in [-0.3, -0.25) is 0 Å². The Bertz CT molecular complexity index is 1370. The smallest absolute Gasteiger partial charge is 0.0742 e. The first-order chi connectivity index (χ1) is 16.3. The number of para-hydroxylation sites is 2. The first kappa shape index (κ1) is 20.0. The van der Waals surface area contributed by atoms with Gasteiger partial charge >= 0.3 is 0 Å². The first-order valence-corrected chi connectivity index (χ1v) is 12.0. The van der Waals surface area contributed by atoms with Crippen LogP contribution in [0.3, 0.4) is 0 Å². The quantitative estimate of drug-likeness (QED) is 0.241. The maximum absolute atomic E-state index is 3.78. The summed E-state index contributed by atoms with van der Waals surface area (Å²) in [5.41, 5.74) is 8.16. The van der Waals surface area contributed by atoms with Gasteiger partial charge in [0.25, 0.3) is 0 Å². The standard InChI is InChI=1S/C31H22BrN/c32-25-20-21-30-28(22-25)31(23-12-4-1-5-13-23,24-14-6-2-7-15-24)27-18-10-11-19-29(27)33(30)26-16-8-3-9-17-26/h1-22H. The molecule has 0 atom stereocenters. The van der Waals surface area contributed by atoms with Crippen molar-refractivity contribution < 1.29 is 0 Å². The second-order valence-corrected chi connectivity index (χ2v) is 9.25. The van der Waals surface area contributed by atoms with E-state index in [-0.39, 0.29) is 0 Å². The van der Waals surface area contributed by atoms with Gasteiger partial charge in [-0.1, -0.05) is 113 Å². The second-order valence-electron chi connectivity index (χ2n) is 8.33. The lowest BCUT2D eigenvalue weighted by atomic mass is 9.62. The average Bonchev–Trinajstić information content (AvgIpc) is 2.89. The van der Waals surface area contributed by atoms with Gasteiger partial charge in [0.1, 0.15) is 0 Å². The zero-order chi connectivity index (χ0) is 22.3. The molecular formula is C31H22BrN. The van der Waals surface area contributed by atoms with E-state index in [0.29, 0.717) is 0 Å². The third kappa shape index (κ3) is 3.06. The SMILES string of the molecule is Brc1ccc2c(c1)C(c1ccccc1)(c1ccccc1)c1ccccc1N2c1ccccc1. The van der Waals surface area contributed by atoms with Crippen LogP contribution in [-0.2, 0) is 5.41 Å².